The molecule has 0 unspecified atom stereocenters. The molecule has 3 heterocycles. The first-order chi connectivity index (χ1) is 19.2. The number of carbonyl (C=O) groups is 1. The van der Waals surface area contributed by atoms with Crippen LogP contribution in [-0.4, -0.2) is 29.2 Å². The normalized spacial score (nSPS) is 15.0. The number of furan rings is 1. The first-order valence-electron chi connectivity index (χ1n) is 12.4. The monoisotopic (exact) mass is 559 g/mol. The van der Waals surface area contributed by atoms with E-state index in [9.17, 15) is 19.7 Å². The van der Waals surface area contributed by atoms with Gasteiger partial charge >= 0.3 is 5.97 Å². The zero-order chi connectivity index (χ0) is 28.6. The number of aryl methyl sites for hydroxylation is 1. The molecule has 0 spiro atoms. The molecule has 0 amide bonds. The minimum atomic E-state index is -0.747. The number of benzene rings is 2. The van der Waals surface area contributed by atoms with Gasteiger partial charge in [0.2, 0.25) is 0 Å². The van der Waals surface area contributed by atoms with E-state index in [1.807, 2.05) is 0 Å². The lowest BCUT2D eigenvalue weighted by Crippen LogP contribution is -2.39. The van der Waals surface area contributed by atoms with Crippen LogP contribution in [0.1, 0.15) is 36.8 Å². The lowest BCUT2D eigenvalue weighted by Gasteiger charge is -2.24. The Morgan fingerprint density at radius 2 is 1.93 bits per heavy atom. The Balaban J connectivity index is 1.61. The van der Waals surface area contributed by atoms with Crippen LogP contribution in [0.4, 0.5) is 5.69 Å². The van der Waals surface area contributed by atoms with Crippen LogP contribution < -0.4 is 19.6 Å². The van der Waals surface area contributed by atoms with Crippen molar-refractivity contribution < 1.29 is 23.6 Å². The predicted octanol–water partition coefficient (Wildman–Crippen LogP) is 4.28. The molecule has 0 fully saturated rings. The van der Waals surface area contributed by atoms with E-state index < -0.39 is 16.9 Å². The van der Waals surface area contributed by atoms with E-state index in [1.165, 1.54) is 22.0 Å². The molecule has 4 aromatic rings. The topological polar surface area (TPSA) is 126 Å². The Morgan fingerprint density at radius 3 is 2.60 bits per heavy atom. The lowest BCUT2D eigenvalue weighted by molar-refractivity contribution is -0.385. The summed E-state index contributed by atoms with van der Waals surface area (Å²) >= 11 is 1.18. The minimum Gasteiger partial charge on any atom is -0.497 e. The van der Waals surface area contributed by atoms with Gasteiger partial charge in [-0.1, -0.05) is 35.6 Å². The SMILES string of the molecule is CCOC(=O)C1=C(C)N=c2s/c(=C\c3ccc(-c4ccc(C)c([N+](=O)[O-])c4)o3)c(=O)n2[C@@H]1c1ccc(OC)cc1. The van der Waals surface area contributed by atoms with Crippen molar-refractivity contribution in [2.24, 2.45) is 4.99 Å². The number of carbonyl (C=O) groups excluding carboxylic acids is 1. The van der Waals surface area contributed by atoms with Crippen LogP contribution in [0, 0.1) is 17.0 Å². The number of esters is 1. The molecule has 204 valence electrons. The van der Waals surface area contributed by atoms with Crippen molar-refractivity contribution in [1.82, 2.24) is 4.57 Å². The van der Waals surface area contributed by atoms with Gasteiger partial charge in [-0.05, 0) is 50.6 Å². The van der Waals surface area contributed by atoms with Crippen molar-refractivity contribution in [3.8, 4) is 17.1 Å². The fourth-order valence-corrected chi connectivity index (χ4v) is 5.59. The molecule has 0 bridgehead atoms. The van der Waals surface area contributed by atoms with Gasteiger partial charge in [-0.25, -0.2) is 9.79 Å². The maximum absolute atomic E-state index is 13.8. The summed E-state index contributed by atoms with van der Waals surface area (Å²) in [7, 11) is 1.56. The van der Waals surface area contributed by atoms with Crippen LogP contribution in [0.25, 0.3) is 17.4 Å². The summed E-state index contributed by atoms with van der Waals surface area (Å²) in [5.41, 5.74) is 2.20. The number of aromatic nitrogens is 1. The van der Waals surface area contributed by atoms with Gasteiger partial charge in [-0.2, -0.15) is 0 Å². The smallest absolute Gasteiger partial charge is 0.338 e. The van der Waals surface area contributed by atoms with E-state index in [-0.39, 0.29) is 23.4 Å². The number of nitro benzene ring substituents is 1. The van der Waals surface area contributed by atoms with Crippen molar-refractivity contribution >= 4 is 29.1 Å². The van der Waals surface area contributed by atoms with Gasteiger partial charge in [0.25, 0.3) is 11.2 Å². The van der Waals surface area contributed by atoms with E-state index >= 15 is 0 Å². The molecule has 40 heavy (non-hydrogen) atoms. The third-order valence-corrected chi connectivity index (χ3v) is 7.52. The number of thiazole rings is 1. The number of nitro groups is 1. The third-order valence-electron chi connectivity index (χ3n) is 6.54. The highest BCUT2D eigenvalue weighted by Crippen LogP contribution is 2.32. The molecular formula is C29H25N3O7S. The first-order valence-corrected chi connectivity index (χ1v) is 13.2. The van der Waals surface area contributed by atoms with Crippen LogP contribution in [0.5, 0.6) is 5.75 Å². The van der Waals surface area contributed by atoms with Gasteiger partial charge in [0.05, 0.1) is 40.5 Å². The summed E-state index contributed by atoms with van der Waals surface area (Å²) in [6, 6.07) is 14.6. The Hall–Kier alpha value is -4.77. The molecule has 2 aromatic carbocycles. The molecule has 5 rings (SSSR count). The standard InChI is InChI=1S/C29H25N3O7S/c1-5-38-28(34)25-17(3)30-29-31(26(25)18-8-10-20(37-4)11-9-18)27(33)24(40-29)15-21-12-13-23(39-21)19-7-6-16(2)22(14-19)32(35)36/h6-15,26H,5H2,1-4H3/b24-15-/t26-/m1/s1. The molecule has 10 nitrogen and oxygen atoms in total. The molecule has 0 aliphatic carbocycles. The number of methoxy groups -OCH3 is 1. The number of hydrogen-bond acceptors (Lipinski definition) is 9. The van der Waals surface area contributed by atoms with E-state index in [2.05, 4.69) is 4.99 Å². The van der Waals surface area contributed by atoms with Crippen molar-refractivity contribution in [1.29, 1.82) is 0 Å². The molecule has 0 N–H and O–H groups in total. The third kappa shape index (κ3) is 4.87. The fraction of sp³-hybridized carbons (Fsp3) is 0.207. The van der Waals surface area contributed by atoms with Gasteiger partial charge in [0.15, 0.2) is 4.80 Å². The van der Waals surface area contributed by atoms with E-state index in [4.69, 9.17) is 13.9 Å². The Kier molecular flexibility index (Phi) is 7.22. The second kappa shape index (κ2) is 10.8. The Bertz CT molecular complexity index is 1850. The highest BCUT2D eigenvalue weighted by atomic mass is 32.1. The Labute approximate surface area is 232 Å². The summed E-state index contributed by atoms with van der Waals surface area (Å²) in [6.07, 6.45) is 1.60. The number of ether oxygens (including phenoxy) is 2. The second-order valence-electron chi connectivity index (χ2n) is 9.04. The summed E-state index contributed by atoms with van der Waals surface area (Å²) < 4.78 is 18.4. The highest BCUT2D eigenvalue weighted by Gasteiger charge is 2.33. The number of nitrogens with zero attached hydrogens (tertiary/aromatic N) is 3. The highest BCUT2D eigenvalue weighted by molar-refractivity contribution is 7.07. The number of rotatable bonds is 7. The van der Waals surface area contributed by atoms with Crippen molar-refractivity contribution in [3.63, 3.8) is 0 Å². The zero-order valence-electron chi connectivity index (χ0n) is 22.2. The molecule has 2 aromatic heterocycles. The van der Waals surface area contributed by atoms with Crippen molar-refractivity contribution in [2.75, 3.05) is 13.7 Å². The summed E-state index contributed by atoms with van der Waals surface area (Å²) in [5, 5.41) is 11.4. The fourth-order valence-electron chi connectivity index (χ4n) is 4.57. The second-order valence-corrected chi connectivity index (χ2v) is 10.0. The van der Waals surface area contributed by atoms with E-state index in [1.54, 1.807) is 82.5 Å². The average molecular weight is 560 g/mol. The van der Waals surface area contributed by atoms with E-state index in [0.717, 1.165) is 0 Å². The zero-order valence-corrected chi connectivity index (χ0v) is 23.0. The summed E-state index contributed by atoms with van der Waals surface area (Å²) in [4.78, 5) is 42.7. The molecule has 1 atom stereocenters. The van der Waals surface area contributed by atoms with Crippen LogP contribution >= 0.6 is 11.3 Å². The molecular weight excluding hydrogens is 534 g/mol. The quantitative estimate of drug-likeness (QED) is 0.188. The average Bonchev–Trinajstić information content (AvgIpc) is 3.52. The minimum absolute atomic E-state index is 0.00457. The molecule has 0 saturated heterocycles. The van der Waals surface area contributed by atoms with Gasteiger partial charge in [0, 0.05) is 23.3 Å². The largest absolute Gasteiger partial charge is 0.497 e. The molecule has 0 saturated carbocycles. The molecule has 1 aliphatic heterocycles. The number of hydrogen-bond donors (Lipinski definition) is 0. The first kappa shape index (κ1) is 26.8. The van der Waals surface area contributed by atoms with Crippen LogP contribution in [0.3, 0.4) is 0 Å². The molecule has 1 aliphatic rings. The molecule has 11 heteroatoms. The van der Waals surface area contributed by atoms with Crippen LogP contribution in [0.2, 0.25) is 0 Å². The maximum Gasteiger partial charge on any atom is 0.338 e. The van der Waals surface area contributed by atoms with Crippen LogP contribution in [-0.2, 0) is 9.53 Å². The summed E-state index contributed by atoms with van der Waals surface area (Å²) in [6.45, 7) is 5.29. The Morgan fingerprint density at radius 1 is 1.18 bits per heavy atom. The predicted molar refractivity (Wildman–Crippen MR) is 149 cm³/mol. The van der Waals surface area contributed by atoms with Gasteiger partial charge in [-0.15, -0.1) is 0 Å². The number of fused-ring (bicyclic) bond motifs is 1. The van der Waals surface area contributed by atoms with E-state index in [0.29, 0.717) is 49.0 Å². The number of allylic oxidation sites excluding steroid dienone is 1. The van der Waals surface area contributed by atoms with Gasteiger partial charge in [0.1, 0.15) is 17.3 Å². The van der Waals surface area contributed by atoms with Crippen molar-refractivity contribution in [3.05, 3.63) is 113 Å². The van der Waals surface area contributed by atoms with Crippen molar-refractivity contribution in [2.45, 2.75) is 26.8 Å². The van der Waals surface area contributed by atoms with Gasteiger partial charge in [-0.3, -0.25) is 19.5 Å². The van der Waals surface area contributed by atoms with Gasteiger partial charge < -0.3 is 13.9 Å². The summed E-state index contributed by atoms with van der Waals surface area (Å²) in [5.74, 6) is 0.924. The maximum atomic E-state index is 13.8. The lowest BCUT2D eigenvalue weighted by atomic mass is 9.96. The molecule has 0 radical (unpaired) electrons. The van der Waals surface area contributed by atoms with Crippen LogP contribution in [0.15, 0.2) is 80.1 Å².